The van der Waals surface area contributed by atoms with Gasteiger partial charge in [-0.1, -0.05) is 69.5 Å². The van der Waals surface area contributed by atoms with Gasteiger partial charge in [-0.25, -0.2) is 4.79 Å². The van der Waals surface area contributed by atoms with Crippen LogP contribution in [0.3, 0.4) is 0 Å². The molecule has 44 heavy (non-hydrogen) atoms. The molecule has 0 saturated carbocycles. The summed E-state index contributed by atoms with van der Waals surface area (Å²) in [5.41, 5.74) is 2.65. The zero-order valence-electron chi connectivity index (χ0n) is 28.3. The maximum absolute atomic E-state index is 14.8. The molecule has 3 atom stereocenters. The van der Waals surface area contributed by atoms with Gasteiger partial charge in [0, 0.05) is 19.0 Å². The second kappa shape index (κ2) is 17.1. The van der Waals surface area contributed by atoms with E-state index < -0.39 is 23.8 Å². The summed E-state index contributed by atoms with van der Waals surface area (Å²) in [5.74, 6) is -0.0884. The van der Waals surface area contributed by atoms with Gasteiger partial charge in [-0.15, -0.1) is 0 Å². The van der Waals surface area contributed by atoms with E-state index in [1.54, 1.807) is 49.9 Å². The van der Waals surface area contributed by atoms with E-state index in [1.165, 1.54) is 0 Å². The quantitative estimate of drug-likeness (QED) is 0.186. The first-order chi connectivity index (χ1) is 20.6. The molecule has 2 rings (SSSR count). The zero-order valence-corrected chi connectivity index (χ0v) is 28.3. The third-order valence-corrected chi connectivity index (χ3v) is 7.59. The first kappa shape index (κ1) is 36.6. The monoisotopic (exact) mass is 609 g/mol. The highest BCUT2D eigenvalue weighted by Crippen LogP contribution is 2.31. The number of hydrogen-bond acceptors (Lipinski definition) is 5. The van der Waals surface area contributed by atoms with Crippen LogP contribution in [0, 0.1) is 19.8 Å². The van der Waals surface area contributed by atoms with Crippen LogP contribution in [0.2, 0.25) is 0 Å². The number of amides is 3. The number of phenols is 1. The number of rotatable bonds is 15. The van der Waals surface area contributed by atoms with E-state index in [0.29, 0.717) is 18.9 Å². The standard InChI is InChI=1S/C36H55N3O5/c1-10-11-12-21-37-33(41)32(30-22-25(4)14-15-26(30)5)39(27(6)16-13-24(2)3)34(42)31(38-35(43)44-36(7,8)9)23-28-17-19-29(40)20-18-28/h14-15,17-20,22,24,27,31-32,40H,10-13,16,21,23H2,1-9H3,(H,37,41)(H,38,43). The second-order valence-corrected chi connectivity index (χ2v) is 13.4. The van der Waals surface area contributed by atoms with Crippen molar-refractivity contribution in [1.82, 2.24) is 15.5 Å². The Bertz CT molecular complexity index is 1220. The van der Waals surface area contributed by atoms with Crippen LogP contribution in [0.25, 0.3) is 0 Å². The molecule has 0 aliphatic carbocycles. The summed E-state index contributed by atoms with van der Waals surface area (Å²) < 4.78 is 5.56. The molecule has 0 aliphatic heterocycles. The van der Waals surface area contributed by atoms with Gasteiger partial charge in [0.15, 0.2) is 0 Å². The van der Waals surface area contributed by atoms with Crippen molar-refractivity contribution in [3.63, 3.8) is 0 Å². The van der Waals surface area contributed by atoms with Crippen LogP contribution >= 0.6 is 0 Å². The number of benzene rings is 2. The fraction of sp³-hybridized carbons (Fsp3) is 0.583. The van der Waals surface area contributed by atoms with Crippen LogP contribution in [-0.4, -0.2) is 52.1 Å². The maximum Gasteiger partial charge on any atom is 0.408 e. The van der Waals surface area contributed by atoms with E-state index in [9.17, 15) is 19.5 Å². The summed E-state index contributed by atoms with van der Waals surface area (Å²) in [4.78, 5) is 43.7. The second-order valence-electron chi connectivity index (χ2n) is 13.4. The van der Waals surface area contributed by atoms with Gasteiger partial charge in [-0.3, -0.25) is 9.59 Å². The molecule has 0 radical (unpaired) electrons. The van der Waals surface area contributed by atoms with Crippen LogP contribution in [0.5, 0.6) is 5.75 Å². The highest BCUT2D eigenvalue weighted by atomic mass is 16.6. The van der Waals surface area contributed by atoms with Crippen molar-refractivity contribution in [3.05, 3.63) is 64.7 Å². The number of aryl methyl sites for hydroxylation is 2. The molecule has 3 N–H and O–H groups in total. The number of carbonyl (C=O) groups is 3. The van der Waals surface area contributed by atoms with E-state index in [2.05, 4.69) is 31.4 Å². The minimum atomic E-state index is -1.02. The lowest BCUT2D eigenvalue weighted by molar-refractivity contribution is -0.145. The van der Waals surface area contributed by atoms with Crippen molar-refractivity contribution < 1.29 is 24.2 Å². The smallest absolute Gasteiger partial charge is 0.408 e. The fourth-order valence-corrected chi connectivity index (χ4v) is 5.17. The number of nitrogens with one attached hydrogen (secondary N) is 2. The zero-order chi connectivity index (χ0) is 33.0. The Balaban J connectivity index is 2.67. The summed E-state index contributed by atoms with van der Waals surface area (Å²) in [6, 6.07) is 10.3. The predicted octanol–water partition coefficient (Wildman–Crippen LogP) is 7.15. The average Bonchev–Trinajstić information content (AvgIpc) is 2.93. The molecule has 0 spiro atoms. The topological polar surface area (TPSA) is 108 Å². The van der Waals surface area contributed by atoms with Gasteiger partial charge in [-0.2, -0.15) is 0 Å². The number of aromatic hydroxyl groups is 1. The van der Waals surface area contributed by atoms with Gasteiger partial charge >= 0.3 is 6.09 Å². The molecule has 2 aromatic rings. The first-order valence-electron chi connectivity index (χ1n) is 16.1. The van der Waals surface area contributed by atoms with Crippen LogP contribution in [-0.2, 0) is 20.7 Å². The van der Waals surface area contributed by atoms with Crippen molar-refractivity contribution in [3.8, 4) is 5.75 Å². The lowest BCUT2D eigenvalue weighted by atomic mass is 9.93. The number of unbranched alkanes of at least 4 members (excludes halogenated alkanes) is 2. The van der Waals surface area contributed by atoms with Gasteiger partial charge < -0.3 is 25.4 Å². The molecule has 244 valence electrons. The molecule has 8 nitrogen and oxygen atoms in total. The lowest BCUT2D eigenvalue weighted by Crippen LogP contribution is -2.56. The van der Waals surface area contributed by atoms with E-state index >= 15 is 0 Å². The largest absolute Gasteiger partial charge is 0.508 e. The Morgan fingerprint density at radius 1 is 0.955 bits per heavy atom. The normalized spacial score (nSPS) is 13.6. The minimum Gasteiger partial charge on any atom is -0.508 e. The van der Waals surface area contributed by atoms with Gasteiger partial charge in [0.05, 0.1) is 0 Å². The molecule has 0 fully saturated rings. The first-order valence-corrected chi connectivity index (χ1v) is 16.1. The molecule has 8 heteroatoms. The van der Waals surface area contributed by atoms with E-state index in [0.717, 1.165) is 47.9 Å². The number of phenolic OH excluding ortho intramolecular Hbond substituents is 1. The Hall–Kier alpha value is -3.55. The SMILES string of the molecule is CCCCCNC(=O)C(c1cc(C)ccc1C)N(C(=O)C(Cc1ccc(O)cc1)NC(=O)OC(C)(C)C)C(C)CCC(C)C. The fourth-order valence-electron chi connectivity index (χ4n) is 5.17. The van der Waals surface area contributed by atoms with Gasteiger partial charge in [0.25, 0.3) is 0 Å². The molecule has 2 aromatic carbocycles. The van der Waals surface area contributed by atoms with Crippen molar-refractivity contribution in [2.45, 2.75) is 125 Å². The van der Waals surface area contributed by atoms with E-state index in [4.69, 9.17) is 4.74 Å². The molecule has 0 heterocycles. The van der Waals surface area contributed by atoms with Crippen molar-refractivity contribution in [2.24, 2.45) is 5.92 Å². The predicted molar refractivity (Wildman–Crippen MR) is 177 cm³/mol. The van der Waals surface area contributed by atoms with Crippen LogP contribution in [0.15, 0.2) is 42.5 Å². The molecule has 0 aromatic heterocycles. The summed E-state index contributed by atoms with van der Waals surface area (Å²) in [6.07, 6.45) is 3.87. The van der Waals surface area contributed by atoms with Crippen molar-refractivity contribution in [1.29, 1.82) is 0 Å². The van der Waals surface area contributed by atoms with Gasteiger partial charge in [-0.05, 0) is 95.5 Å². The molecule has 0 aliphatic rings. The minimum absolute atomic E-state index is 0.107. The Labute approximate surface area is 264 Å². The number of carbonyl (C=O) groups excluding carboxylic acids is 3. The molecule has 0 saturated heterocycles. The number of nitrogens with zero attached hydrogens (tertiary/aromatic N) is 1. The highest BCUT2D eigenvalue weighted by Gasteiger charge is 2.39. The number of ether oxygens (including phenoxy) is 1. The Kier molecular flexibility index (Phi) is 14.2. The maximum atomic E-state index is 14.8. The summed E-state index contributed by atoms with van der Waals surface area (Å²) in [5, 5.41) is 15.8. The summed E-state index contributed by atoms with van der Waals surface area (Å²) in [6.45, 7) is 18.1. The summed E-state index contributed by atoms with van der Waals surface area (Å²) in [7, 11) is 0. The van der Waals surface area contributed by atoms with Gasteiger partial charge in [0.2, 0.25) is 11.8 Å². The molecule has 0 bridgehead atoms. The van der Waals surface area contributed by atoms with E-state index in [-0.39, 0.29) is 30.0 Å². The number of alkyl carbamates (subject to hydrolysis) is 1. The molecule has 3 unspecified atom stereocenters. The third kappa shape index (κ3) is 11.9. The van der Waals surface area contributed by atoms with Gasteiger partial charge in [0.1, 0.15) is 23.4 Å². The molecular weight excluding hydrogens is 554 g/mol. The summed E-state index contributed by atoms with van der Waals surface area (Å²) >= 11 is 0. The Morgan fingerprint density at radius 3 is 2.20 bits per heavy atom. The van der Waals surface area contributed by atoms with Crippen LogP contribution in [0.1, 0.15) is 109 Å². The lowest BCUT2D eigenvalue weighted by Gasteiger charge is -2.39. The molecule has 3 amide bonds. The van der Waals surface area contributed by atoms with E-state index in [1.807, 2.05) is 39.0 Å². The molecular formula is C36H55N3O5. The van der Waals surface area contributed by atoms with Crippen LogP contribution in [0.4, 0.5) is 4.79 Å². The van der Waals surface area contributed by atoms with Crippen molar-refractivity contribution in [2.75, 3.05) is 6.54 Å². The Morgan fingerprint density at radius 2 is 1.61 bits per heavy atom. The number of hydrogen-bond donors (Lipinski definition) is 3. The van der Waals surface area contributed by atoms with Crippen molar-refractivity contribution >= 4 is 17.9 Å². The van der Waals surface area contributed by atoms with Crippen LogP contribution < -0.4 is 10.6 Å². The third-order valence-electron chi connectivity index (χ3n) is 7.59. The average molecular weight is 610 g/mol. The highest BCUT2D eigenvalue weighted by molar-refractivity contribution is 5.92.